The standard InChI is InChI=1S/C22H23N3O3/c1-25(15-16-7-5-4-6-8-16)22(26)17-11-19(14-23-13-17)24-18-9-10-20(27-2)21(12-18)28-3/h4-14,24H,15H2,1-3H3. The maximum absolute atomic E-state index is 12.8. The van der Waals surface area contributed by atoms with Gasteiger partial charge in [-0.25, -0.2) is 0 Å². The summed E-state index contributed by atoms with van der Waals surface area (Å²) in [6.07, 6.45) is 3.24. The number of nitrogens with zero attached hydrogens (tertiary/aromatic N) is 2. The van der Waals surface area contributed by atoms with E-state index in [1.807, 2.05) is 48.5 Å². The molecular formula is C22H23N3O3. The van der Waals surface area contributed by atoms with E-state index in [9.17, 15) is 4.79 Å². The van der Waals surface area contributed by atoms with Gasteiger partial charge in [0.15, 0.2) is 11.5 Å². The van der Waals surface area contributed by atoms with Crippen molar-refractivity contribution in [3.8, 4) is 11.5 Å². The molecule has 6 nitrogen and oxygen atoms in total. The van der Waals surface area contributed by atoms with E-state index in [4.69, 9.17) is 9.47 Å². The van der Waals surface area contributed by atoms with Gasteiger partial charge in [-0.05, 0) is 23.8 Å². The Morgan fingerprint density at radius 3 is 2.43 bits per heavy atom. The van der Waals surface area contributed by atoms with Crippen LogP contribution in [0.15, 0.2) is 67.0 Å². The molecule has 0 radical (unpaired) electrons. The van der Waals surface area contributed by atoms with Crippen LogP contribution < -0.4 is 14.8 Å². The summed E-state index contributed by atoms with van der Waals surface area (Å²) in [4.78, 5) is 18.6. The highest BCUT2D eigenvalue weighted by atomic mass is 16.5. The zero-order valence-electron chi connectivity index (χ0n) is 16.2. The van der Waals surface area contributed by atoms with Crippen molar-refractivity contribution in [2.45, 2.75) is 6.54 Å². The van der Waals surface area contributed by atoms with Gasteiger partial charge in [0.1, 0.15) is 0 Å². The predicted molar refractivity (Wildman–Crippen MR) is 109 cm³/mol. The van der Waals surface area contributed by atoms with E-state index in [0.29, 0.717) is 29.3 Å². The maximum atomic E-state index is 12.8. The molecule has 1 amide bonds. The average molecular weight is 377 g/mol. The van der Waals surface area contributed by atoms with E-state index >= 15 is 0 Å². The first kappa shape index (κ1) is 19.2. The number of carbonyl (C=O) groups is 1. The van der Waals surface area contributed by atoms with Crippen molar-refractivity contribution in [2.75, 3.05) is 26.6 Å². The number of ether oxygens (including phenoxy) is 2. The number of pyridine rings is 1. The van der Waals surface area contributed by atoms with Crippen LogP contribution in [0.1, 0.15) is 15.9 Å². The second-order valence-corrected chi connectivity index (χ2v) is 6.30. The topological polar surface area (TPSA) is 63.7 Å². The molecule has 28 heavy (non-hydrogen) atoms. The van der Waals surface area contributed by atoms with Crippen LogP contribution in [0.5, 0.6) is 11.5 Å². The molecule has 1 aromatic heterocycles. The van der Waals surface area contributed by atoms with Crippen molar-refractivity contribution in [1.29, 1.82) is 0 Å². The highest BCUT2D eigenvalue weighted by molar-refractivity contribution is 5.94. The minimum Gasteiger partial charge on any atom is -0.493 e. The smallest absolute Gasteiger partial charge is 0.255 e. The molecule has 144 valence electrons. The number of hydrogen-bond donors (Lipinski definition) is 1. The van der Waals surface area contributed by atoms with Gasteiger partial charge in [0.25, 0.3) is 5.91 Å². The Bertz CT molecular complexity index is 945. The molecule has 2 aromatic carbocycles. The zero-order chi connectivity index (χ0) is 19.9. The van der Waals surface area contributed by atoms with Gasteiger partial charge in [0.2, 0.25) is 0 Å². The highest BCUT2D eigenvalue weighted by Crippen LogP contribution is 2.31. The summed E-state index contributed by atoms with van der Waals surface area (Å²) >= 11 is 0. The molecule has 0 saturated carbocycles. The third-order valence-electron chi connectivity index (χ3n) is 4.27. The second-order valence-electron chi connectivity index (χ2n) is 6.30. The normalized spacial score (nSPS) is 10.2. The minimum atomic E-state index is -0.0904. The summed E-state index contributed by atoms with van der Waals surface area (Å²) in [7, 11) is 4.96. The van der Waals surface area contributed by atoms with Gasteiger partial charge in [-0.3, -0.25) is 9.78 Å². The molecule has 3 aromatic rings. The van der Waals surface area contributed by atoms with Crippen LogP contribution in [-0.4, -0.2) is 37.1 Å². The summed E-state index contributed by atoms with van der Waals surface area (Å²) in [5.74, 6) is 1.18. The molecule has 0 unspecified atom stereocenters. The van der Waals surface area contributed by atoms with Crippen LogP contribution in [0, 0.1) is 0 Å². The first-order valence-electron chi connectivity index (χ1n) is 8.84. The summed E-state index contributed by atoms with van der Waals surface area (Å²) in [6.45, 7) is 0.535. The number of nitrogens with one attached hydrogen (secondary N) is 1. The third-order valence-corrected chi connectivity index (χ3v) is 4.27. The second kappa shape index (κ2) is 8.90. The molecule has 0 saturated heterocycles. The van der Waals surface area contributed by atoms with Crippen molar-refractivity contribution in [3.63, 3.8) is 0 Å². The van der Waals surface area contributed by atoms with E-state index in [0.717, 1.165) is 11.3 Å². The molecule has 6 heteroatoms. The van der Waals surface area contributed by atoms with E-state index in [1.54, 1.807) is 44.6 Å². The van der Waals surface area contributed by atoms with Crippen molar-refractivity contribution in [2.24, 2.45) is 0 Å². The molecule has 1 N–H and O–H groups in total. The number of hydrogen-bond acceptors (Lipinski definition) is 5. The Morgan fingerprint density at radius 2 is 1.71 bits per heavy atom. The first-order valence-corrected chi connectivity index (χ1v) is 8.84. The molecule has 0 aliphatic carbocycles. The number of benzene rings is 2. The average Bonchev–Trinajstić information content (AvgIpc) is 2.74. The Labute approximate surface area is 164 Å². The molecule has 3 rings (SSSR count). The predicted octanol–water partition coefficient (Wildman–Crippen LogP) is 4.11. The van der Waals surface area contributed by atoms with Gasteiger partial charge in [-0.1, -0.05) is 30.3 Å². The summed E-state index contributed by atoms with van der Waals surface area (Å²) in [6, 6.07) is 17.2. The summed E-state index contributed by atoms with van der Waals surface area (Å²) in [5.41, 5.74) is 3.11. The Kier molecular flexibility index (Phi) is 6.11. The van der Waals surface area contributed by atoms with Gasteiger partial charge in [0, 0.05) is 31.5 Å². The lowest BCUT2D eigenvalue weighted by atomic mass is 10.2. The van der Waals surface area contributed by atoms with Crippen LogP contribution >= 0.6 is 0 Å². The number of carbonyl (C=O) groups excluding carboxylic acids is 1. The van der Waals surface area contributed by atoms with Crippen molar-refractivity contribution >= 4 is 17.3 Å². The lowest BCUT2D eigenvalue weighted by Crippen LogP contribution is -2.26. The molecule has 0 aliphatic rings. The summed E-state index contributed by atoms with van der Waals surface area (Å²) in [5, 5.41) is 3.25. The summed E-state index contributed by atoms with van der Waals surface area (Å²) < 4.78 is 10.6. The minimum absolute atomic E-state index is 0.0904. The van der Waals surface area contributed by atoms with Crippen LogP contribution in [0.4, 0.5) is 11.4 Å². The van der Waals surface area contributed by atoms with Crippen molar-refractivity contribution in [1.82, 2.24) is 9.88 Å². The fourth-order valence-electron chi connectivity index (χ4n) is 2.86. The SMILES string of the molecule is COc1ccc(Nc2cncc(C(=O)N(C)Cc3ccccc3)c2)cc1OC. The molecule has 0 fully saturated rings. The Balaban J connectivity index is 1.74. The van der Waals surface area contributed by atoms with Gasteiger partial charge >= 0.3 is 0 Å². The number of methoxy groups -OCH3 is 2. The van der Waals surface area contributed by atoms with Crippen molar-refractivity contribution in [3.05, 3.63) is 78.1 Å². The van der Waals surface area contributed by atoms with E-state index in [2.05, 4.69) is 10.3 Å². The van der Waals surface area contributed by atoms with Gasteiger partial charge < -0.3 is 19.7 Å². The number of aromatic nitrogens is 1. The van der Waals surface area contributed by atoms with E-state index < -0.39 is 0 Å². The van der Waals surface area contributed by atoms with E-state index in [-0.39, 0.29) is 5.91 Å². The lowest BCUT2D eigenvalue weighted by Gasteiger charge is -2.18. The number of amides is 1. The van der Waals surface area contributed by atoms with Gasteiger partial charge in [0.05, 0.1) is 31.7 Å². The van der Waals surface area contributed by atoms with Crippen molar-refractivity contribution < 1.29 is 14.3 Å². The molecule has 0 spiro atoms. The zero-order valence-corrected chi connectivity index (χ0v) is 16.2. The van der Waals surface area contributed by atoms with E-state index in [1.165, 1.54) is 0 Å². The Morgan fingerprint density at radius 1 is 0.964 bits per heavy atom. The molecule has 0 atom stereocenters. The van der Waals surface area contributed by atoms with Crippen LogP contribution in [0.3, 0.4) is 0 Å². The third kappa shape index (κ3) is 4.59. The van der Waals surface area contributed by atoms with Gasteiger partial charge in [-0.15, -0.1) is 0 Å². The van der Waals surface area contributed by atoms with Crippen LogP contribution in [0.2, 0.25) is 0 Å². The lowest BCUT2D eigenvalue weighted by molar-refractivity contribution is 0.0784. The maximum Gasteiger partial charge on any atom is 0.255 e. The number of rotatable bonds is 7. The fourth-order valence-corrected chi connectivity index (χ4v) is 2.86. The largest absolute Gasteiger partial charge is 0.493 e. The quantitative estimate of drug-likeness (QED) is 0.671. The highest BCUT2D eigenvalue weighted by Gasteiger charge is 2.13. The van der Waals surface area contributed by atoms with Gasteiger partial charge in [-0.2, -0.15) is 0 Å². The Hall–Kier alpha value is -3.54. The first-order chi connectivity index (χ1) is 13.6. The fraction of sp³-hybridized carbons (Fsp3) is 0.182. The van der Waals surface area contributed by atoms with Crippen LogP contribution in [0.25, 0.3) is 0 Å². The molecule has 0 aliphatic heterocycles. The van der Waals surface area contributed by atoms with Crippen LogP contribution in [-0.2, 0) is 6.54 Å². The number of anilines is 2. The monoisotopic (exact) mass is 377 g/mol. The molecule has 1 heterocycles. The molecule has 0 bridgehead atoms. The molecular weight excluding hydrogens is 354 g/mol.